The molecule has 1 atom stereocenters. The van der Waals surface area contributed by atoms with Gasteiger partial charge in [-0.15, -0.1) is 10.2 Å². The lowest BCUT2D eigenvalue weighted by atomic mass is 10.1. The maximum absolute atomic E-state index is 13.0. The standard InChI is InChI=1S/C20H22N4O/c1-13(2)19-22-21-18-12-23(11-14(3)24(18)19)20(25)17-9-8-15-6-4-5-7-16(15)10-17/h4-10,13-14H,11-12H2,1-3H3/t14-/m0/s1. The monoisotopic (exact) mass is 334 g/mol. The van der Waals surface area contributed by atoms with Crippen molar-refractivity contribution in [2.45, 2.75) is 39.3 Å². The van der Waals surface area contributed by atoms with Crippen LogP contribution in [0.15, 0.2) is 42.5 Å². The van der Waals surface area contributed by atoms with Crippen molar-refractivity contribution in [3.8, 4) is 0 Å². The van der Waals surface area contributed by atoms with Gasteiger partial charge in [0.1, 0.15) is 5.82 Å². The molecule has 1 amide bonds. The molecule has 0 radical (unpaired) electrons. The van der Waals surface area contributed by atoms with Gasteiger partial charge in [0.25, 0.3) is 5.91 Å². The van der Waals surface area contributed by atoms with Gasteiger partial charge in [-0.25, -0.2) is 0 Å². The Hall–Kier alpha value is -2.69. The van der Waals surface area contributed by atoms with Crippen molar-refractivity contribution < 1.29 is 4.79 Å². The molecule has 1 aliphatic heterocycles. The zero-order valence-corrected chi connectivity index (χ0v) is 14.8. The molecule has 25 heavy (non-hydrogen) atoms. The summed E-state index contributed by atoms with van der Waals surface area (Å²) in [6.45, 7) is 7.55. The minimum atomic E-state index is 0.0537. The first-order valence-electron chi connectivity index (χ1n) is 8.76. The highest BCUT2D eigenvalue weighted by molar-refractivity contribution is 5.98. The molecule has 0 bridgehead atoms. The Morgan fingerprint density at radius 2 is 1.88 bits per heavy atom. The Morgan fingerprint density at radius 3 is 2.64 bits per heavy atom. The molecular weight excluding hydrogens is 312 g/mol. The van der Waals surface area contributed by atoms with E-state index in [-0.39, 0.29) is 11.9 Å². The summed E-state index contributed by atoms with van der Waals surface area (Å²) >= 11 is 0. The Labute approximate surface area is 147 Å². The van der Waals surface area contributed by atoms with Gasteiger partial charge in [0.05, 0.1) is 12.6 Å². The molecule has 3 aromatic rings. The summed E-state index contributed by atoms with van der Waals surface area (Å²) in [5.74, 6) is 2.25. The molecule has 0 spiro atoms. The fourth-order valence-electron chi connectivity index (χ4n) is 3.61. The van der Waals surface area contributed by atoms with E-state index in [0.29, 0.717) is 19.0 Å². The van der Waals surface area contributed by atoms with Crippen LogP contribution in [0.3, 0.4) is 0 Å². The highest BCUT2D eigenvalue weighted by Gasteiger charge is 2.30. The van der Waals surface area contributed by atoms with Crippen molar-refractivity contribution in [3.63, 3.8) is 0 Å². The molecule has 1 aromatic heterocycles. The van der Waals surface area contributed by atoms with Crippen LogP contribution in [0.4, 0.5) is 0 Å². The smallest absolute Gasteiger partial charge is 0.254 e. The van der Waals surface area contributed by atoms with E-state index in [0.717, 1.165) is 28.0 Å². The van der Waals surface area contributed by atoms with Crippen LogP contribution in [0.25, 0.3) is 10.8 Å². The van der Waals surface area contributed by atoms with Gasteiger partial charge in [-0.2, -0.15) is 0 Å². The lowest BCUT2D eigenvalue weighted by Gasteiger charge is -2.33. The third-order valence-electron chi connectivity index (χ3n) is 4.85. The van der Waals surface area contributed by atoms with Gasteiger partial charge in [-0.05, 0) is 29.8 Å². The summed E-state index contributed by atoms with van der Waals surface area (Å²) in [4.78, 5) is 14.9. The number of benzene rings is 2. The predicted molar refractivity (Wildman–Crippen MR) is 97.5 cm³/mol. The second-order valence-corrected chi connectivity index (χ2v) is 7.10. The quantitative estimate of drug-likeness (QED) is 0.717. The van der Waals surface area contributed by atoms with Gasteiger partial charge >= 0.3 is 0 Å². The number of carbonyl (C=O) groups is 1. The van der Waals surface area contributed by atoms with Gasteiger partial charge in [0, 0.05) is 18.0 Å². The summed E-state index contributed by atoms with van der Waals surface area (Å²) < 4.78 is 2.19. The van der Waals surface area contributed by atoms with E-state index in [1.807, 2.05) is 41.3 Å². The van der Waals surface area contributed by atoms with E-state index in [1.54, 1.807) is 0 Å². The predicted octanol–water partition coefficient (Wildman–Crippen LogP) is 3.77. The Morgan fingerprint density at radius 1 is 1.12 bits per heavy atom. The number of aromatic nitrogens is 3. The summed E-state index contributed by atoms with van der Waals surface area (Å²) in [7, 11) is 0. The summed E-state index contributed by atoms with van der Waals surface area (Å²) in [6.07, 6.45) is 0. The number of amides is 1. The second kappa shape index (κ2) is 5.99. The van der Waals surface area contributed by atoms with E-state index in [9.17, 15) is 4.79 Å². The number of carbonyl (C=O) groups excluding carboxylic acids is 1. The average Bonchev–Trinajstić information content (AvgIpc) is 3.05. The van der Waals surface area contributed by atoms with Gasteiger partial charge < -0.3 is 9.47 Å². The van der Waals surface area contributed by atoms with E-state index in [2.05, 4.69) is 41.6 Å². The molecule has 5 heteroatoms. The first-order chi connectivity index (χ1) is 12.0. The van der Waals surface area contributed by atoms with Crippen LogP contribution in [0.2, 0.25) is 0 Å². The number of hydrogen-bond donors (Lipinski definition) is 0. The second-order valence-electron chi connectivity index (χ2n) is 7.10. The number of rotatable bonds is 2. The Kier molecular flexibility index (Phi) is 3.79. The van der Waals surface area contributed by atoms with Crippen molar-refractivity contribution in [3.05, 3.63) is 59.7 Å². The van der Waals surface area contributed by atoms with Crippen molar-refractivity contribution in [2.24, 2.45) is 0 Å². The topological polar surface area (TPSA) is 51.0 Å². The van der Waals surface area contributed by atoms with Gasteiger partial charge in [-0.3, -0.25) is 4.79 Å². The van der Waals surface area contributed by atoms with Crippen LogP contribution in [-0.2, 0) is 6.54 Å². The van der Waals surface area contributed by atoms with E-state index >= 15 is 0 Å². The first kappa shape index (κ1) is 15.8. The summed E-state index contributed by atoms with van der Waals surface area (Å²) in [6, 6.07) is 14.2. The third-order valence-corrected chi connectivity index (χ3v) is 4.85. The zero-order valence-electron chi connectivity index (χ0n) is 14.8. The molecule has 2 aromatic carbocycles. The Balaban J connectivity index is 1.64. The lowest BCUT2D eigenvalue weighted by Crippen LogP contribution is -2.40. The average molecular weight is 334 g/mol. The van der Waals surface area contributed by atoms with Gasteiger partial charge in [0.15, 0.2) is 5.82 Å². The third kappa shape index (κ3) is 2.69. The molecule has 0 fully saturated rings. The molecule has 0 unspecified atom stereocenters. The molecule has 128 valence electrons. The van der Waals surface area contributed by atoms with E-state index in [1.165, 1.54) is 0 Å². The molecule has 0 saturated heterocycles. The van der Waals surface area contributed by atoms with Crippen molar-refractivity contribution in [1.29, 1.82) is 0 Å². The maximum atomic E-state index is 13.0. The van der Waals surface area contributed by atoms with Crippen molar-refractivity contribution in [2.75, 3.05) is 6.54 Å². The molecule has 2 heterocycles. The number of hydrogen-bond acceptors (Lipinski definition) is 3. The Bertz CT molecular complexity index is 944. The largest absolute Gasteiger partial charge is 0.329 e. The molecule has 5 nitrogen and oxygen atoms in total. The molecule has 0 saturated carbocycles. The normalized spacial score (nSPS) is 17.1. The van der Waals surface area contributed by atoms with Gasteiger partial charge in [0.2, 0.25) is 0 Å². The fraction of sp³-hybridized carbons (Fsp3) is 0.350. The summed E-state index contributed by atoms with van der Waals surface area (Å²) in [5, 5.41) is 10.9. The van der Waals surface area contributed by atoms with Crippen LogP contribution in [0, 0.1) is 0 Å². The van der Waals surface area contributed by atoms with E-state index in [4.69, 9.17) is 0 Å². The van der Waals surface area contributed by atoms with Crippen LogP contribution in [0.5, 0.6) is 0 Å². The van der Waals surface area contributed by atoms with Crippen LogP contribution in [0.1, 0.15) is 54.7 Å². The zero-order chi connectivity index (χ0) is 17.6. The highest BCUT2D eigenvalue weighted by Crippen LogP contribution is 2.26. The van der Waals surface area contributed by atoms with Crippen molar-refractivity contribution >= 4 is 16.7 Å². The maximum Gasteiger partial charge on any atom is 0.254 e. The molecule has 0 aliphatic carbocycles. The van der Waals surface area contributed by atoms with Crippen LogP contribution < -0.4 is 0 Å². The molecular formula is C20H22N4O. The van der Waals surface area contributed by atoms with Gasteiger partial charge in [-0.1, -0.05) is 44.2 Å². The number of nitrogens with zero attached hydrogens (tertiary/aromatic N) is 4. The van der Waals surface area contributed by atoms with Crippen molar-refractivity contribution in [1.82, 2.24) is 19.7 Å². The molecule has 4 rings (SSSR count). The fourth-order valence-corrected chi connectivity index (χ4v) is 3.61. The lowest BCUT2D eigenvalue weighted by molar-refractivity contribution is 0.0679. The van der Waals surface area contributed by atoms with Crippen LogP contribution in [-0.4, -0.2) is 32.1 Å². The van der Waals surface area contributed by atoms with E-state index < -0.39 is 0 Å². The number of fused-ring (bicyclic) bond motifs is 2. The molecule has 1 aliphatic rings. The minimum absolute atomic E-state index is 0.0537. The molecule has 0 N–H and O–H groups in total. The highest BCUT2D eigenvalue weighted by atomic mass is 16.2. The first-order valence-corrected chi connectivity index (χ1v) is 8.76. The minimum Gasteiger partial charge on any atom is -0.329 e. The summed E-state index contributed by atoms with van der Waals surface area (Å²) in [5.41, 5.74) is 0.725. The van der Waals surface area contributed by atoms with Crippen LogP contribution >= 0.6 is 0 Å². The SMILES string of the molecule is CC(C)c1nnc2n1[C@@H](C)CN(C(=O)c1ccc3ccccc3c1)C2.